The topological polar surface area (TPSA) is 38.3 Å². The Labute approximate surface area is 148 Å². The SMILES string of the molecule is Cc1ccc(O[C@@H](C)C(=O)Nc2cc(C(F)(F)F)ccc2Cl)c(C)c1. The molecule has 0 bridgehead atoms. The Hall–Kier alpha value is -2.21. The van der Waals surface area contributed by atoms with E-state index >= 15 is 0 Å². The first-order valence-electron chi connectivity index (χ1n) is 7.49. The summed E-state index contributed by atoms with van der Waals surface area (Å²) in [5, 5.41) is 2.39. The van der Waals surface area contributed by atoms with Crippen molar-refractivity contribution in [2.24, 2.45) is 0 Å². The van der Waals surface area contributed by atoms with E-state index in [-0.39, 0.29) is 10.7 Å². The van der Waals surface area contributed by atoms with Gasteiger partial charge in [0.15, 0.2) is 6.10 Å². The first-order valence-corrected chi connectivity index (χ1v) is 7.87. The molecule has 0 heterocycles. The number of rotatable bonds is 4. The highest BCUT2D eigenvalue weighted by atomic mass is 35.5. The van der Waals surface area contributed by atoms with E-state index in [0.29, 0.717) is 5.75 Å². The van der Waals surface area contributed by atoms with Crippen molar-refractivity contribution in [3.05, 3.63) is 58.1 Å². The molecule has 2 aromatic rings. The summed E-state index contributed by atoms with van der Waals surface area (Å²) < 4.78 is 43.9. The van der Waals surface area contributed by atoms with Crippen molar-refractivity contribution in [1.29, 1.82) is 0 Å². The van der Waals surface area contributed by atoms with Crippen LogP contribution in [0.25, 0.3) is 0 Å². The zero-order valence-corrected chi connectivity index (χ0v) is 14.6. The number of halogens is 4. The molecule has 1 amide bonds. The molecule has 1 N–H and O–H groups in total. The van der Waals surface area contributed by atoms with Crippen LogP contribution in [0.5, 0.6) is 5.75 Å². The van der Waals surface area contributed by atoms with Gasteiger partial charge in [-0.3, -0.25) is 4.79 Å². The van der Waals surface area contributed by atoms with Crippen LogP contribution in [0.4, 0.5) is 18.9 Å². The van der Waals surface area contributed by atoms with Crippen molar-refractivity contribution in [2.45, 2.75) is 33.1 Å². The minimum Gasteiger partial charge on any atom is -0.481 e. The summed E-state index contributed by atoms with van der Waals surface area (Å²) in [6, 6.07) is 8.24. The molecule has 0 aliphatic carbocycles. The summed E-state index contributed by atoms with van der Waals surface area (Å²) in [6.07, 6.45) is -5.43. The standard InChI is InChI=1S/C18H17ClF3NO2/c1-10-4-7-16(11(2)8-10)25-12(3)17(24)23-15-9-13(18(20,21)22)5-6-14(15)19/h4-9,12H,1-3H3,(H,23,24)/t12-/m0/s1. The summed E-state index contributed by atoms with van der Waals surface area (Å²) in [6.45, 7) is 5.29. The van der Waals surface area contributed by atoms with Crippen molar-refractivity contribution >= 4 is 23.2 Å². The monoisotopic (exact) mass is 371 g/mol. The molecule has 2 rings (SSSR count). The summed E-state index contributed by atoms with van der Waals surface area (Å²) in [5.41, 5.74) is 0.905. The molecule has 2 aromatic carbocycles. The zero-order valence-electron chi connectivity index (χ0n) is 13.9. The van der Waals surface area contributed by atoms with Crippen LogP contribution >= 0.6 is 11.6 Å². The second-order valence-corrected chi connectivity index (χ2v) is 6.12. The first kappa shape index (κ1) is 19.1. The molecule has 25 heavy (non-hydrogen) atoms. The molecule has 7 heteroatoms. The molecule has 0 fully saturated rings. The number of benzene rings is 2. The van der Waals surface area contributed by atoms with Crippen LogP contribution in [0.3, 0.4) is 0 Å². The maximum atomic E-state index is 12.8. The van der Waals surface area contributed by atoms with Crippen LogP contribution in [-0.2, 0) is 11.0 Å². The van der Waals surface area contributed by atoms with E-state index < -0.39 is 23.8 Å². The zero-order chi connectivity index (χ0) is 18.8. The van der Waals surface area contributed by atoms with E-state index in [9.17, 15) is 18.0 Å². The van der Waals surface area contributed by atoms with E-state index in [1.165, 1.54) is 6.92 Å². The van der Waals surface area contributed by atoms with Crippen molar-refractivity contribution in [3.63, 3.8) is 0 Å². The lowest BCUT2D eigenvalue weighted by Gasteiger charge is -2.17. The molecule has 134 valence electrons. The van der Waals surface area contributed by atoms with Crippen LogP contribution in [0.15, 0.2) is 36.4 Å². The predicted molar refractivity (Wildman–Crippen MR) is 91.1 cm³/mol. The Morgan fingerprint density at radius 3 is 2.44 bits per heavy atom. The molecule has 0 saturated heterocycles. The molecule has 0 unspecified atom stereocenters. The van der Waals surface area contributed by atoms with E-state index in [0.717, 1.165) is 29.3 Å². The average Bonchev–Trinajstić information content (AvgIpc) is 2.50. The van der Waals surface area contributed by atoms with E-state index in [2.05, 4.69) is 5.32 Å². The second kappa shape index (κ2) is 7.35. The van der Waals surface area contributed by atoms with Gasteiger partial charge in [-0.1, -0.05) is 29.3 Å². The number of carbonyl (C=O) groups excluding carboxylic acids is 1. The Kier molecular flexibility index (Phi) is 5.62. The lowest BCUT2D eigenvalue weighted by atomic mass is 10.1. The second-order valence-electron chi connectivity index (χ2n) is 5.71. The van der Waals surface area contributed by atoms with Gasteiger partial charge in [0.1, 0.15) is 5.75 Å². The number of ether oxygens (including phenoxy) is 1. The lowest BCUT2D eigenvalue weighted by Crippen LogP contribution is -2.30. The average molecular weight is 372 g/mol. The number of nitrogens with one attached hydrogen (secondary N) is 1. The summed E-state index contributed by atoms with van der Waals surface area (Å²) in [4.78, 5) is 12.2. The molecule has 0 aromatic heterocycles. The smallest absolute Gasteiger partial charge is 0.416 e. The fraction of sp³-hybridized carbons (Fsp3) is 0.278. The van der Waals surface area contributed by atoms with Crippen molar-refractivity contribution in [2.75, 3.05) is 5.32 Å². The van der Waals surface area contributed by atoms with Gasteiger partial charge in [0.05, 0.1) is 16.3 Å². The van der Waals surface area contributed by atoms with Gasteiger partial charge in [0.2, 0.25) is 0 Å². The van der Waals surface area contributed by atoms with E-state index in [1.807, 2.05) is 26.0 Å². The van der Waals surface area contributed by atoms with Crippen LogP contribution in [0, 0.1) is 13.8 Å². The van der Waals surface area contributed by atoms with Crippen molar-refractivity contribution in [3.8, 4) is 5.75 Å². The van der Waals surface area contributed by atoms with Crippen molar-refractivity contribution in [1.82, 2.24) is 0 Å². The number of hydrogen-bond acceptors (Lipinski definition) is 2. The number of aryl methyl sites for hydroxylation is 2. The Morgan fingerprint density at radius 1 is 1.16 bits per heavy atom. The lowest BCUT2D eigenvalue weighted by molar-refractivity contribution is -0.137. The third-order valence-corrected chi connectivity index (χ3v) is 3.88. The highest BCUT2D eigenvalue weighted by molar-refractivity contribution is 6.33. The van der Waals surface area contributed by atoms with Gasteiger partial charge in [0.25, 0.3) is 5.91 Å². The van der Waals surface area contributed by atoms with Gasteiger partial charge >= 0.3 is 6.18 Å². The third-order valence-electron chi connectivity index (χ3n) is 3.55. The number of amides is 1. The Balaban J connectivity index is 2.13. The van der Waals surface area contributed by atoms with Crippen LogP contribution in [0.2, 0.25) is 5.02 Å². The van der Waals surface area contributed by atoms with Gasteiger partial charge in [-0.15, -0.1) is 0 Å². The quantitative estimate of drug-likeness (QED) is 0.783. The van der Waals surface area contributed by atoms with Crippen LogP contribution in [-0.4, -0.2) is 12.0 Å². The van der Waals surface area contributed by atoms with Gasteiger partial charge in [-0.05, 0) is 50.6 Å². The molecule has 0 saturated carbocycles. The third kappa shape index (κ3) is 4.89. The molecule has 1 atom stereocenters. The minimum absolute atomic E-state index is 0.0140. The van der Waals surface area contributed by atoms with Gasteiger partial charge in [-0.2, -0.15) is 13.2 Å². The van der Waals surface area contributed by atoms with E-state index in [4.69, 9.17) is 16.3 Å². The molecule has 3 nitrogen and oxygen atoms in total. The number of anilines is 1. The summed E-state index contributed by atoms with van der Waals surface area (Å²) >= 11 is 5.88. The molecular weight excluding hydrogens is 355 g/mol. The summed E-state index contributed by atoms with van der Waals surface area (Å²) in [5.74, 6) is -0.0652. The van der Waals surface area contributed by atoms with E-state index in [1.54, 1.807) is 6.07 Å². The minimum atomic E-state index is -4.52. The molecule has 0 aliphatic rings. The highest BCUT2D eigenvalue weighted by Crippen LogP contribution is 2.34. The normalized spacial score (nSPS) is 12.6. The Bertz CT molecular complexity index is 790. The van der Waals surface area contributed by atoms with Gasteiger partial charge < -0.3 is 10.1 Å². The molecular formula is C18H17ClF3NO2. The maximum absolute atomic E-state index is 12.8. The highest BCUT2D eigenvalue weighted by Gasteiger charge is 2.31. The first-order chi connectivity index (χ1) is 11.6. The van der Waals surface area contributed by atoms with Crippen molar-refractivity contribution < 1.29 is 22.7 Å². The fourth-order valence-corrected chi connectivity index (χ4v) is 2.37. The molecule has 0 aliphatic heterocycles. The maximum Gasteiger partial charge on any atom is 0.416 e. The molecule has 0 spiro atoms. The number of carbonyl (C=O) groups is 1. The van der Waals surface area contributed by atoms with Gasteiger partial charge in [0, 0.05) is 0 Å². The molecule has 0 radical (unpaired) electrons. The largest absolute Gasteiger partial charge is 0.481 e. The summed E-state index contributed by atoms with van der Waals surface area (Å²) in [7, 11) is 0. The fourth-order valence-electron chi connectivity index (χ4n) is 2.21. The predicted octanol–water partition coefficient (Wildman–Crippen LogP) is 5.38. The van der Waals surface area contributed by atoms with Gasteiger partial charge in [-0.25, -0.2) is 0 Å². The Morgan fingerprint density at radius 2 is 1.84 bits per heavy atom. The number of alkyl halides is 3. The number of hydrogen-bond donors (Lipinski definition) is 1. The van der Waals surface area contributed by atoms with Crippen LogP contribution < -0.4 is 10.1 Å². The van der Waals surface area contributed by atoms with Crippen LogP contribution in [0.1, 0.15) is 23.6 Å².